The van der Waals surface area contributed by atoms with E-state index in [1.807, 2.05) is 36.4 Å². The molecule has 122 valence electrons. The van der Waals surface area contributed by atoms with Crippen molar-refractivity contribution < 1.29 is 4.79 Å². The number of aromatic nitrogens is 1. The number of hydrogen-bond acceptors (Lipinski definition) is 3. The van der Waals surface area contributed by atoms with Crippen LogP contribution in [0.1, 0.15) is 31.7 Å². The summed E-state index contributed by atoms with van der Waals surface area (Å²) < 4.78 is 0.972. The normalized spacial score (nSPS) is 10.3. The lowest BCUT2D eigenvalue weighted by Gasteiger charge is -2.08. The molecule has 23 heavy (non-hydrogen) atoms. The fourth-order valence-electron chi connectivity index (χ4n) is 2.20. The van der Waals surface area contributed by atoms with Gasteiger partial charge in [0.05, 0.1) is 18.3 Å². The smallest absolute Gasteiger partial charge is 0.229 e. The highest BCUT2D eigenvalue weighted by molar-refractivity contribution is 9.10. The molecular weight excluding hydrogens is 354 g/mol. The fourth-order valence-corrected chi connectivity index (χ4v) is 2.65. The lowest BCUT2D eigenvalue weighted by atomic mass is 10.1. The molecule has 4 nitrogen and oxygen atoms in total. The van der Waals surface area contributed by atoms with Crippen molar-refractivity contribution in [3.05, 3.63) is 52.6 Å². The standard InChI is InChI=1S/C18H22BrN3O/c1-2-3-4-10-20-16-8-9-17(21-13-16)22-18(23)12-14-6-5-7-15(19)11-14/h5-9,11,13,20H,2-4,10,12H2,1H3,(H,21,22,23). The molecular formula is C18H22BrN3O. The lowest BCUT2D eigenvalue weighted by molar-refractivity contribution is -0.115. The summed E-state index contributed by atoms with van der Waals surface area (Å²) >= 11 is 3.41. The first-order valence-electron chi connectivity index (χ1n) is 7.91. The third kappa shape index (κ3) is 6.40. The Bertz CT molecular complexity index is 628. The number of rotatable bonds is 8. The van der Waals surface area contributed by atoms with Crippen LogP contribution in [0, 0.1) is 0 Å². The maximum Gasteiger partial charge on any atom is 0.229 e. The highest BCUT2D eigenvalue weighted by Gasteiger charge is 2.05. The van der Waals surface area contributed by atoms with Crippen LogP contribution in [-0.4, -0.2) is 17.4 Å². The number of amides is 1. The van der Waals surface area contributed by atoms with Gasteiger partial charge in [-0.15, -0.1) is 0 Å². The number of anilines is 2. The van der Waals surface area contributed by atoms with E-state index in [9.17, 15) is 4.79 Å². The van der Waals surface area contributed by atoms with Crippen LogP contribution in [0.2, 0.25) is 0 Å². The average Bonchev–Trinajstić information content (AvgIpc) is 2.53. The molecule has 0 spiro atoms. The molecule has 0 radical (unpaired) electrons. The van der Waals surface area contributed by atoms with Crippen LogP contribution in [0.5, 0.6) is 0 Å². The molecule has 1 heterocycles. The first-order chi connectivity index (χ1) is 11.2. The Labute approximate surface area is 145 Å². The molecule has 2 aromatic rings. The summed E-state index contributed by atoms with van der Waals surface area (Å²) in [7, 11) is 0. The van der Waals surface area contributed by atoms with Gasteiger partial charge >= 0.3 is 0 Å². The van der Waals surface area contributed by atoms with Crippen LogP contribution in [0.3, 0.4) is 0 Å². The second-order valence-corrected chi connectivity index (χ2v) is 6.34. The second kappa shape index (κ2) is 9.30. The number of nitrogens with zero attached hydrogens (tertiary/aromatic N) is 1. The minimum atomic E-state index is -0.0701. The quantitative estimate of drug-likeness (QED) is 0.661. The van der Waals surface area contributed by atoms with E-state index in [-0.39, 0.29) is 5.91 Å². The van der Waals surface area contributed by atoms with E-state index < -0.39 is 0 Å². The zero-order valence-corrected chi connectivity index (χ0v) is 14.9. The number of halogens is 1. The summed E-state index contributed by atoms with van der Waals surface area (Å²) in [5.74, 6) is 0.503. The number of hydrogen-bond donors (Lipinski definition) is 2. The van der Waals surface area contributed by atoms with Gasteiger partial charge in [0.2, 0.25) is 5.91 Å². The fraction of sp³-hybridized carbons (Fsp3) is 0.333. The average molecular weight is 376 g/mol. The minimum absolute atomic E-state index is 0.0701. The van der Waals surface area contributed by atoms with Crippen LogP contribution >= 0.6 is 15.9 Å². The van der Waals surface area contributed by atoms with Gasteiger partial charge in [-0.05, 0) is 36.2 Å². The van der Waals surface area contributed by atoms with Crippen LogP contribution in [0.25, 0.3) is 0 Å². The van der Waals surface area contributed by atoms with E-state index in [4.69, 9.17) is 0 Å². The van der Waals surface area contributed by atoms with Crippen molar-refractivity contribution in [2.24, 2.45) is 0 Å². The van der Waals surface area contributed by atoms with Crippen molar-refractivity contribution in [3.8, 4) is 0 Å². The van der Waals surface area contributed by atoms with Crippen LogP contribution < -0.4 is 10.6 Å². The Morgan fingerprint density at radius 3 is 2.78 bits per heavy atom. The van der Waals surface area contributed by atoms with Gasteiger partial charge in [-0.3, -0.25) is 4.79 Å². The molecule has 0 atom stereocenters. The van der Waals surface area contributed by atoms with E-state index in [1.54, 1.807) is 6.20 Å². The van der Waals surface area contributed by atoms with Gasteiger partial charge in [0.25, 0.3) is 0 Å². The van der Waals surface area contributed by atoms with Gasteiger partial charge in [-0.2, -0.15) is 0 Å². The second-order valence-electron chi connectivity index (χ2n) is 5.42. The van der Waals surface area contributed by atoms with Crippen molar-refractivity contribution in [3.63, 3.8) is 0 Å². The molecule has 1 aromatic carbocycles. The molecule has 5 heteroatoms. The monoisotopic (exact) mass is 375 g/mol. The van der Waals surface area contributed by atoms with Crippen molar-refractivity contribution in [2.75, 3.05) is 17.2 Å². The van der Waals surface area contributed by atoms with Crippen molar-refractivity contribution in [2.45, 2.75) is 32.6 Å². The van der Waals surface area contributed by atoms with Crippen LogP contribution in [-0.2, 0) is 11.2 Å². The van der Waals surface area contributed by atoms with E-state index in [2.05, 4.69) is 38.5 Å². The van der Waals surface area contributed by atoms with E-state index in [0.29, 0.717) is 12.2 Å². The van der Waals surface area contributed by atoms with E-state index in [1.165, 1.54) is 12.8 Å². The van der Waals surface area contributed by atoms with Gasteiger partial charge in [0.1, 0.15) is 5.82 Å². The maximum atomic E-state index is 12.0. The molecule has 2 rings (SSSR count). The molecule has 0 aliphatic heterocycles. The molecule has 0 saturated heterocycles. The Kier molecular flexibility index (Phi) is 7.07. The number of unbranched alkanes of at least 4 members (excludes halogenated alkanes) is 2. The van der Waals surface area contributed by atoms with Crippen molar-refractivity contribution in [1.82, 2.24) is 4.98 Å². The topological polar surface area (TPSA) is 54.0 Å². The zero-order chi connectivity index (χ0) is 16.5. The molecule has 0 fully saturated rings. The van der Waals surface area contributed by atoms with E-state index >= 15 is 0 Å². The number of carbonyl (C=O) groups is 1. The van der Waals surface area contributed by atoms with Gasteiger partial charge in [-0.1, -0.05) is 47.8 Å². The molecule has 2 N–H and O–H groups in total. The molecule has 1 amide bonds. The highest BCUT2D eigenvalue weighted by atomic mass is 79.9. The maximum absolute atomic E-state index is 12.0. The Balaban J connectivity index is 1.81. The first kappa shape index (κ1) is 17.5. The molecule has 0 aliphatic carbocycles. The summed E-state index contributed by atoms with van der Waals surface area (Å²) in [5.41, 5.74) is 1.94. The van der Waals surface area contributed by atoms with Crippen molar-refractivity contribution in [1.29, 1.82) is 0 Å². The summed E-state index contributed by atoms with van der Waals surface area (Å²) in [4.78, 5) is 16.3. The molecule has 0 unspecified atom stereocenters. The summed E-state index contributed by atoms with van der Waals surface area (Å²) in [6.07, 6.45) is 5.67. The van der Waals surface area contributed by atoms with E-state index in [0.717, 1.165) is 28.7 Å². The summed E-state index contributed by atoms with van der Waals surface area (Å²) in [6, 6.07) is 11.5. The van der Waals surface area contributed by atoms with Crippen LogP contribution in [0.4, 0.5) is 11.5 Å². The molecule has 0 aliphatic rings. The zero-order valence-electron chi connectivity index (χ0n) is 13.3. The number of pyridine rings is 1. The Morgan fingerprint density at radius 1 is 1.22 bits per heavy atom. The summed E-state index contributed by atoms with van der Waals surface area (Å²) in [5, 5.41) is 6.15. The SMILES string of the molecule is CCCCCNc1ccc(NC(=O)Cc2cccc(Br)c2)nc1. The Morgan fingerprint density at radius 2 is 2.09 bits per heavy atom. The van der Waals surface area contributed by atoms with Gasteiger partial charge in [-0.25, -0.2) is 4.98 Å². The minimum Gasteiger partial charge on any atom is -0.384 e. The predicted octanol–water partition coefficient (Wildman–Crippen LogP) is 4.63. The number of benzene rings is 1. The molecule has 1 aromatic heterocycles. The number of carbonyl (C=O) groups excluding carboxylic acids is 1. The largest absolute Gasteiger partial charge is 0.384 e. The number of nitrogens with one attached hydrogen (secondary N) is 2. The molecule has 0 saturated carbocycles. The first-order valence-corrected chi connectivity index (χ1v) is 8.71. The predicted molar refractivity (Wildman–Crippen MR) is 98.7 cm³/mol. The third-order valence-electron chi connectivity index (χ3n) is 3.39. The third-order valence-corrected chi connectivity index (χ3v) is 3.89. The molecule has 0 bridgehead atoms. The van der Waals surface area contributed by atoms with Crippen molar-refractivity contribution >= 4 is 33.3 Å². The van der Waals surface area contributed by atoms with Crippen LogP contribution in [0.15, 0.2) is 47.1 Å². The lowest BCUT2D eigenvalue weighted by Crippen LogP contribution is -2.15. The Hall–Kier alpha value is -1.88. The van der Waals surface area contributed by atoms with Gasteiger partial charge in [0.15, 0.2) is 0 Å². The highest BCUT2D eigenvalue weighted by Crippen LogP contribution is 2.14. The van der Waals surface area contributed by atoms with Gasteiger partial charge < -0.3 is 10.6 Å². The van der Waals surface area contributed by atoms with Gasteiger partial charge in [0, 0.05) is 11.0 Å². The summed E-state index contributed by atoms with van der Waals surface area (Å²) in [6.45, 7) is 3.14.